The van der Waals surface area contributed by atoms with E-state index < -0.39 is 0 Å². The van der Waals surface area contributed by atoms with Crippen LogP contribution < -0.4 is 0 Å². The molecule has 0 bridgehead atoms. The fraction of sp³-hybridized carbons (Fsp3) is 0.208. The summed E-state index contributed by atoms with van der Waals surface area (Å²) in [4.78, 5) is 20.1. The quantitative estimate of drug-likeness (QED) is 0.464. The number of aryl methyl sites for hydroxylation is 1. The minimum absolute atomic E-state index is 0.0855. The summed E-state index contributed by atoms with van der Waals surface area (Å²) in [7, 11) is 0. The second-order valence-electron chi connectivity index (χ2n) is 7.66. The molecule has 0 aliphatic heterocycles. The van der Waals surface area contributed by atoms with Gasteiger partial charge in [0.25, 0.3) is 11.6 Å². The molecule has 0 unspecified atom stereocenters. The van der Waals surface area contributed by atoms with Gasteiger partial charge in [0.15, 0.2) is 0 Å². The van der Waals surface area contributed by atoms with Gasteiger partial charge in [-0.25, -0.2) is 9.37 Å². The highest BCUT2D eigenvalue weighted by Gasteiger charge is 2.34. The van der Waals surface area contributed by atoms with E-state index in [4.69, 9.17) is 4.52 Å². The Morgan fingerprint density at radius 2 is 1.87 bits per heavy atom. The van der Waals surface area contributed by atoms with Crippen molar-refractivity contribution in [3.63, 3.8) is 0 Å². The Balaban J connectivity index is 1.58. The van der Waals surface area contributed by atoms with Gasteiger partial charge in [-0.3, -0.25) is 4.79 Å². The molecule has 0 atom stereocenters. The minimum Gasteiger partial charge on any atom is -0.335 e. The van der Waals surface area contributed by atoms with Crippen molar-refractivity contribution < 1.29 is 13.7 Å². The predicted octanol–water partition coefficient (Wildman–Crippen LogP) is 5.14. The van der Waals surface area contributed by atoms with E-state index in [1.165, 1.54) is 12.1 Å². The topological polar surface area (TPSA) is 59.2 Å². The van der Waals surface area contributed by atoms with Crippen LogP contribution in [-0.2, 0) is 6.54 Å². The molecule has 2 aromatic carbocycles. The van der Waals surface area contributed by atoms with Gasteiger partial charge in [-0.15, -0.1) is 0 Å². The molecule has 1 aliphatic rings. The van der Waals surface area contributed by atoms with Crippen LogP contribution in [0.2, 0.25) is 0 Å². The highest BCUT2D eigenvalue weighted by Crippen LogP contribution is 2.33. The maximum absolute atomic E-state index is 13.7. The van der Waals surface area contributed by atoms with E-state index in [-0.39, 0.29) is 17.8 Å². The Labute approximate surface area is 173 Å². The average molecular weight is 401 g/mol. The predicted molar refractivity (Wildman–Crippen MR) is 111 cm³/mol. The number of aromatic nitrogens is 2. The normalized spacial score (nSPS) is 13.5. The minimum atomic E-state index is -0.286. The van der Waals surface area contributed by atoms with Crippen LogP contribution in [-0.4, -0.2) is 27.0 Å². The van der Waals surface area contributed by atoms with Crippen molar-refractivity contribution in [1.29, 1.82) is 0 Å². The second kappa shape index (κ2) is 7.37. The van der Waals surface area contributed by atoms with E-state index in [0.29, 0.717) is 34.6 Å². The molecule has 1 amide bonds. The largest absolute Gasteiger partial charge is 0.335 e. The molecular formula is C24H20FN3O2. The van der Waals surface area contributed by atoms with Gasteiger partial charge >= 0.3 is 0 Å². The molecule has 4 aromatic rings. The van der Waals surface area contributed by atoms with E-state index in [1.54, 1.807) is 12.1 Å². The molecule has 0 spiro atoms. The number of hydrogen-bond donors (Lipinski definition) is 0. The van der Waals surface area contributed by atoms with Crippen LogP contribution in [0.3, 0.4) is 0 Å². The van der Waals surface area contributed by atoms with Crippen molar-refractivity contribution in [2.24, 2.45) is 0 Å². The number of carbonyl (C=O) groups excluding carboxylic acids is 1. The Bertz CT molecular complexity index is 1210. The molecule has 6 heteroatoms. The lowest BCUT2D eigenvalue weighted by molar-refractivity contribution is 0.0732. The van der Waals surface area contributed by atoms with Gasteiger partial charge in [-0.1, -0.05) is 47.6 Å². The lowest BCUT2D eigenvalue weighted by Gasteiger charge is -2.23. The van der Waals surface area contributed by atoms with Crippen molar-refractivity contribution in [3.8, 4) is 11.3 Å². The van der Waals surface area contributed by atoms with Gasteiger partial charge in [0, 0.05) is 18.2 Å². The van der Waals surface area contributed by atoms with Crippen LogP contribution in [0.25, 0.3) is 22.4 Å². The van der Waals surface area contributed by atoms with Crippen LogP contribution in [0.5, 0.6) is 0 Å². The number of carbonyl (C=O) groups is 1. The van der Waals surface area contributed by atoms with Crippen molar-refractivity contribution in [3.05, 3.63) is 83.3 Å². The lowest BCUT2D eigenvalue weighted by Crippen LogP contribution is -2.32. The maximum Gasteiger partial charge on any atom is 0.259 e. The smallest absolute Gasteiger partial charge is 0.259 e. The van der Waals surface area contributed by atoms with Crippen molar-refractivity contribution in [2.45, 2.75) is 32.4 Å². The zero-order valence-electron chi connectivity index (χ0n) is 16.5. The van der Waals surface area contributed by atoms with E-state index in [9.17, 15) is 9.18 Å². The summed E-state index contributed by atoms with van der Waals surface area (Å²) < 4.78 is 18.7. The summed E-state index contributed by atoms with van der Waals surface area (Å²) >= 11 is 0. The number of amides is 1. The van der Waals surface area contributed by atoms with Crippen molar-refractivity contribution in [1.82, 2.24) is 15.0 Å². The number of benzene rings is 2. The molecular weight excluding hydrogens is 381 g/mol. The van der Waals surface area contributed by atoms with Crippen LogP contribution >= 0.6 is 0 Å². The standard InChI is InChI=1S/C24H20FN3O2/c1-15-22-20(13-21(26-23(22)30-27-15)17-5-3-2-4-6-17)24(29)28(19-11-12-19)14-16-7-9-18(25)10-8-16/h2-10,13,19H,11-12,14H2,1H3. The van der Waals surface area contributed by atoms with Gasteiger partial charge in [0.05, 0.1) is 22.3 Å². The number of rotatable bonds is 5. The summed E-state index contributed by atoms with van der Waals surface area (Å²) in [6, 6.07) is 18.0. The van der Waals surface area contributed by atoms with E-state index >= 15 is 0 Å². The van der Waals surface area contributed by atoms with Crippen LogP contribution in [0, 0.1) is 12.7 Å². The van der Waals surface area contributed by atoms with Gasteiger partial charge in [-0.2, -0.15) is 0 Å². The summed E-state index contributed by atoms with van der Waals surface area (Å²) in [5.41, 5.74) is 3.99. The fourth-order valence-corrected chi connectivity index (χ4v) is 3.71. The Morgan fingerprint density at radius 3 is 2.57 bits per heavy atom. The first-order valence-electron chi connectivity index (χ1n) is 9.98. The summed E-state index contributed by atoms with van der Waals surface area (Å²) in [5, 5.41) is 4.68. The Morgan fingerprint density at radius 1 is 1.13 bits per heavy atom. The maximum atomic E-state index is 13.7. The molecule has 30 heavy (non-hydrogen) atoms. The summed E-state index contributed by atoms with van der Waals surface area (Å²) in [6.07, 6.45) is 1.94. The monoisotopic (exact) mass is 401 g/mol. The molecule has 1 fully saturated rings. The van der Waals surface area contributed by atoms with E-state index in [0.717, 1.165) is 24.0 Å². The number of fused-ring (bicyclic) bond motifs is 1. The van der Waals surface area contributed by atoms with Crippen molar-refractivity contribution in [2.75, 3.05) is 0 Å². The number of hydrogen-bond acceptors (Lipinski definition) is 4. The first-order valence-corrected chi connectivity index (χ1v) is 9.98. The lowest BCUT2D eigenvalue weighted by atomic mass is 10.0. The van der Waals surface area contributed by atoms with Crippen LogP contribution in [0.15, 0.2) is 65.2 Å². The molecule has 0 saturated heterocycles. The highest BCUT2D eigenvalue weighted by atomic mass is 19.1. The molecule has 1 aliphatic carbocycles. The summed E-state index contributed by atoms with van der Waals surface area (Å²) in [5.74, 6) is -0.371. The first-order chi connectivity index (χ1) is 14.6. The van der Waals surface area contributed by atoms with Gasteiger partial charge in [0.2, 0.25) is 0 Å². The van der Waals surface area contributed by atoms with Gasteiger partial charge in [-0.05, 0) is 43.5 Å². The molecule has 5 nitrogen and oxygen atoms in total. The highest BCUT2D eigenvalue weighted by molar-refractivity contribution is 6.07. The Kier molecular flexibility index (Phi) is 4.54. The third-order valence-corrected chi connectivity index (χ3v) is 5.43. The molecule has 0 radical (unpaired) electrons. The van der Waals surface area contributed by atoms with Crippen LogP contribution in [0.1, 0.15) is 34.5 Å². The fourth-order valence-electron chi connectivity index (χ4n) is 3.71. The zero-order valence-corrected chi connectivity index (χ0v) is 16.5. The molecule has 0 N–H and O–H groups in total. The number of halogens is 1. The number of nitrogens with zero attached hydrogens (tertiary/aromatic N) is 3. The SMILES string of the molecule is Cc1noc2nc(-c3ccccc3)cc(C(=O)N(Cc3ccc(F)cc3)C3CC3)c12. The molecule has 2 aromatic heterocycles. The van der Waals surface area contributed by atoms with Crippen LogP contribution in [0.4, 0.5) is 4.39 Å². The molecule has 5 rings (SSSR count). The third kappa shape index (κ3) is 3.45. The molecule has 150 valence electrons. The average Bonchev–Trinajstić information content (AvgIpc) is 3.55. The zero-order chi connectivity index (χ0) is 20.7. The van der Waals surface area contributed by atoms with Gasteiger partial charge < -0.3 is 9.42 Å². The molecule has 2 heterocycles. The number of pyridine rings is 1. The summed E-state index contributed by atoms with van der Waals surface area (Å²) in [6.45, 7) is 2.24. The first kappa shape index (κ1) is 18.5. The second-order valence-corrected chi connectivity index (χ2v) is 7.66. The van der Waals surface area contributed by atoms with E-state index in [2.05, 4.69) is 10.1 Å². The Hall–Kier alpha value is -3.54. The van der Waals surface area contributed by atoms with Crippen molar-refractivity contribution >= 4 is 17.0 Å². The van der Waals surface area contributed by atoms with Gasteiger partial charge in [0.1, 0.15) is 5.82 Å². The molecule has 1 saturated carbocycles. The van der Waals surface area contributed by atoms with E-state index in [1.807, 2.05) is 48.2 Å². The third-order valence-electron chi connectivity index (χ3n) is 5.43.